The van der Waals surface area contributed by atoms with Gasteiger partial charge in [-0.2, -0.15) is 0 Å². The van der Waals surface area contributed by atoms with Crippen molar-refractivity contribution in [2.24, 2.45) is 0 Å². The third kappa shape index (κ3) is 15.5. The van der Waals surface area contributed by atoms with Crippen LogP contribution in [-0.2, 0) is 36.6 Å². The monoisotopic (exact) mass is 661 g/mol. The van der Waals surface area contributed by atoms with Crippen molar-refractivity contribution in [1.82, 2.24) is 15.5 Å². The minimum absolute atomic E-state index is 0.00431. The van der Waals surface area contributed by atoms with Crippen molar-refractivity contribution in [3.8, 4) is 5.75 Å². The number of rotatable bonds is 22. The molecule has 0 aliphatic rings. The average molecular weight is 662 g/mol. The van der Waals surface area contributed by atoms with Crippen molar-refractivity contribution in [3.63, 3.8) is 0 Å². The van der Waals surface area contributed by atoms with Crippen LogP contribution in [0.3, 0.4) is 0 Å². The van der Waals surface area contributed by atoms with E-state index < -0.39 is 31.8 Å². The summed E-state index contributed by atoms with van der Waals surface area (Å²) in [7, 11) is -4.76. The van der Waals surface area contributed by atoms with Gasteiger partial charge in [-0.05, 0) is 48.9 Å². The predicted octanol–water partition coefficient (Wildman–Crippen LogP) is 4.38. The van der Waals surface area contributed by atoms with Gasteiger partial charge in [0.1, 0.15) is 17.8 Å². The lowest BCUT2D eigenvalue weighted by molar-refractivity contribution is -0.140. The molecule has 0 aliphatic carbocycles. The number of phosphoric acid groups is 1. The van der Waals surface area contributed by atoms with Crippen LogP contribution in [0.2, 0.25) is 0 Å². The second kappa shape index (κ2) is 20.4. The van der Waals surface area contributed by atoms with Crippen LogP contribution < -0.4 is 15.2 Å². The van der Waals surface area contributed by atoms with Crippen molar-refractivity contribution < 1.29 is 43.2 Å². The quantitative estimate of drug-likeness (QED) is 0.0903. The van der Waals surface area contributed by atoms with Gasteiger partial charge < -0.3 is 25.2 Å². The average Bonchev–Trinajstić information content (AvgIpc) is 3.01. The van der Waals surface area contributed by atoms with Gasteiger partial charge in [0.2, 0.25) is 17.7 Å². The number of carboxylic acids is 1. The van der Waals surface area contributed by atoms with E-state index in [9.17, 15) is 28.8 Å². The fraction of sp³-hybridized carbons (Fsp3) is 0.515. The summed E-state index contributed by atoms with van der Waals surface area (Å²) in [5.74, 6) is -2.56. The van der Waals surface area contributed by atoms with Gasteiger partial charge >= 0.3 is 13.8 Å². The predicted molar refractivity (Wildman–Crippen MR) is 174 cm³/mol. The van der Waals surface area contributed by atoms with Crippen LogP contribution in [0.15, 0.2) is 54.6 Å². The first-order valence-electron chi connectivity index (χ1n) is 15.9. The number of amides is 3. The van der Waals surface area contributed by atoms with E-state index in [-0.39, 0.29) is 43.2 Å². The Morgan fingerprint density at radius 2 is 1.41 bits per heavy atom. The molecular formula is C33H48N3O9P. The van der Waals surface area contributed by atoms with Gasteiger partial charge in [-0.3, -0.25) is 29.0 Å². The first-order valence-corrected chi connectivity index (χ1v) is 17.4. The van der Waals surface area contributed by atoms with Gasteiger partial charge in [0, 0.05) is 32.4 Å². The maximum absolute atomic E-state index is 13.7. The summed E-state index contributed by atoms with van der Waals surface area (Å²) in [6.45, 7) is 5.12. The maximum Gasteiger partial charge on any atom is 0.524 e. The largest absolute Gasteiger partial charge is 0.524 e. The van der Waals surface area contributed by atoms with Crippen LogP contribution in [-0.4, -0.2) is 68.7 Å². The van der Waals surface area contributed by atoms with Crippen LogP contribution in [0.5, 0.6) is 5.75 Å². The first-order chi connectivity index (χ1) is 21.9. The third-order valence-corrected chi connectivity index (χ3v) is 7.81. The fourth-order valence-corrected chi connectivity index (χ4v) is 5.29. The Morgan fingerprint density at radius 1 is 0.804 bits per heavy atom. The lowest BCUT2D eigenvalue weighted by Crippen LogP contribution is -2.55. The molecule has 0 radical (unpaired) electrons. The minimum atomic E-state index is -4.76. The van der Waals surface area contributed by atoms with Gasteiger partial charge in [-0.1, -0.05) is 82.0 Å². The van der Waals surface area contributed by atoms with Crippen LogP contribution in [0.25, 0.3) is 0 Å². The standard InChI is InChI=1S/C33H48N3O9P/c1-3-5-10-22-36(23-11-6-4-2)33(41)28(19-21-31(38)39)35-32(40)29(34-30(37)20-16-25-12-8-7-9-13-25)24-26-14-17-27(18-15-26)45-46(42,43)44/h7-9,12-15,17-18,28-29H,3-6,10-11,16,19-24H2,1-2H3,(H,34,37)(H,35,40)(H,38,39)(H2,42,43,44)/t28-,29-/m0/s1. The Balaban J connectivity index is 2.28. The number of phosphoric ester groups is 1. The minimum Gasteiger partial charge on any atom is -0.481 e. The van der Waals surface area contributed by atoms with Crippen molar-refractivity contribution in [2.45, 2.75) is 96.6 Å². The highest BCUT2D eigenvalue weighted by atomic mass is 31.2. The number of carbonyl (C=O) groups is 4. The van der Waals surface area contributed by atoms with Gasteiger partial charge in [0.15, 0.2) is 0 Å². The van der Waals surface area contributed by atoms with E-state index in [4.69, 9.17) is 9.79 Å². The normalized spacial score (nSPS) is 12.5. The zero-order valence-corrected chi connectivity index (χ0v) is 27.6. The van der Waals surface area contributed by atoms with Crippen molar-refractivity contribution in [1.29, 1.82) is 0 Å². The summed E-state index contributed by atoms with van der Waals surface area (Å²) in [5, 5.41) is 14.9. The topological polar surface area (TPSA) is 183 Å². The van der Waals surface area contributed by atoms with E-state index in [1.54, 1.807) is 4.90 Å². The number of benzene rings is 2. The molecule has 3 amide bonds. The molecule has 2 atom stereocenters. The number of carboxylic acid groups (broad SMARTS) is 1. The molecule has 2 rings (SSSR count). The van der Waals surface area contributed by atoms with Gasteiger partial charge in [-0.15, -0.1) is 0 Å². The number of aliphatic carboxylic acids is 1. The Labute approximate surface area is 271 Å². The molecule has 0 heterocycles. The molecular weight excluding hydrogens is 613 g/mol. The summed E-state index contributed by atoms with van der Waals surface area (Å²) < 4.78 is 15.8. The molecule has 0 aromatic heterocycles. The van der Waals surface area contributed by atoms with E-state index in [2.05, 4.69) is 29.0 Å². The molecule has 0 fully saturated rings. The number of hydrogen-bond donors (Lipinski definition) is 5. The highest BCUT2D eigenvalue weighted by Crippen LogP contribution is 2.37. The van der Waals surface area contributed by atoms with Crippen LogP contribution in [0, 0.1) is 0 Å². The van der Waals surface area contributed by atoms with Crippen molar-refractivity contribution in [3.05, 3.63) is 65.7 Å². The fourth-order valence-electron chi connectivity index (χ4n) is 4.89. The number of nitrogens with zero attached hydrogens (tertiary/aromatic N) is 1. The van der Waals surface area contributed by atoms with E-state index in [1.165, 1.54) is 24.3 Å². The SMILES string of the molecule is CCCCCN(CCCCC)C(=O)[C@H](CCC(=O)O)NC(=O)[C@H](Cc1ccc(OP(=O)(O)O)cc1)NC(=O)CCc1ccccc1. The highest BCUT2D eigenvalue weighted by Gasteiger charge is 2.30. The molecule has 2 aromatic carbocycles. The molecule has 0 spiro atoms. The van der Waals surface area contributed by atoms with E-state index in [0.717, 1.165) is 44.1 Å². The zero-order valence-electron chi connectivity index (χ0n) is 26.7. The molecule has 254 valence electrons. The lowest BCUT2D eigenvalue weighted by Gasteiger charge is -2.29. The van der Waals surface area contributed by atoms with Crippen LogP contribution in [0.4, 0.5) is 0 Å². The zero-order chi connectivity index (χ0) is 34.0. The molecule has 5 N–H and O–H groups in total. The van der Waals surface area contributed by atoms with Gasteiger partial charge in [0.25, 0.3) is 0 Å². The summed E-state index contributed by atoms with van der Waals surface area (Å²) >= 11 is 0. The third-order valence-electron chi connectivity index (χ3n) is 7.36. The molecule has 46 heavy (non-hydrogen) atoms. The van der Waals surface area contributed by atoms with E-state index >= 15 is 0 Å². The maximum atomic E-state index is 13.7. The van der Waals surface area contributed by atoms with E-state index in [0.29, 0.717) is 25.1 Å². The highest BCUT2D eigenvalue weighted by molar-refractivity contribution is 7.46. The number of unbranched alkanes of at least 4 members (excludes halogenated alkanes) is 4. The first kappa shape index (κ1) is 38.5. The lowest BCUT2D eigenvalue weighted by atomic mass is 10.0. The molecule has 0 unspecified atom stereocenters. The van der Waals surface area contributed by atoms with Crippen LogP contribution >= 0.6 is 7.82 Å². The number of carbonyl (C=O) groups excluding carboxylic acids is 3. The number of nitrogens with one attached hydrogen (secondary N) is 2. The molecule has 0 aliphatic heterocycles. The molecule has 12 nitrogen and oxygen atoms in total. The Hall–Kier alpha value is -3.73. The number of hydrogen-bond acceptors (Lipinski definition) is 6. The molecule has 0 bridgehead atoms. The van der Waals surface area contributed by atoms with Crippen molar-refractivity contribution in [2.75, 3.05) is 13.1 Å². The molecule has 0 saturated heterocycles. The number of aryl methyl sites for hydroxylation is 1. The summed E-state index contributed by atoms with van der Waals surface area (Å²) in [4.78, 5) is 71.8. The molecule has 2 aromatic rings. The van der Waals surface area contributed by atoms with Gasteiger partial charge in [-0.25, -0.2) is 4.57 Å². The second-order valence-electron chi connectivity index (χ2n) is 11.3. The second-order valence-corrected chi connectivity index (χ2v) is 12.4. The van der Waals surface area contributed by atoms with Crippen LogP contribution in [0.1, 0.15) is 82.8 Å². The van der Waals surface area contributed by atoms with Crippen molar-refractivity contribution >= 4 is 31.5 Å². The van der Waals surface area contributed by atoms with E-state index in [1.807, 2.05) is 30.3 Å². The molecule has 13 heteroatoms. The summed E-state index contributed by atoms with van der Waals surface area (Å²) in [6, 6.07) is 12.9. The van der Waals surface area contributed by atoms with Gasteiger partial charge in [0.05, 0.1) is 0 Å². The smallest absolute Gasteiger partial charge is 0.481 e. The Kier molecular flexibility index (Phi) is 17.1. The summed E-state index contributed by atoms with van der Waals surface area (Å²) in [6.07, 6.45) is 5.47. The Morgan fingerprint density at radius 3 is 1.96 bits per heavy atom. The Bertz CT molecular complexity index is 1280. The summed E-state index contributed by atoms with van der Waals surface area (Å²) in [5.41, 5.74) is 1.50. The molecule has 0 saturated carbocycles.